The molecule has 1 aliphatic rings. The third-order valence-corrected chi connectivity index (χ3v) is 5.49. The van der Waals surface area contributed by atoms with Gasteiger partial charge in [-0.05, 0) is 50.2 Å². The van der Waals surface area contributed by atoms with Gasteiger partial charge in [0.1, 0.15) is 5.75 Å². The largest absolute Gasteiger partial charge is 0.495 e. The second kappa shape index (κ2) is 9.56. The van der Waals surface area contributed by atoms with Crippen LogP contribution in [0.15, 0.2) is 53.1 Å². The van der Waals surface area contributed by atoms with E-state index in [1.54, 1.807) is 19.2 Å². The molecule has 0 spiro atoms. The zero-order valence-corrected chi connectivity index (χ0v) is 17.6. The lowest BCUT2D eigenvalue weighted by Crippen LogP contribution is -2.37. The van der Waals surface area contributed by atoms with Crippen molar-refractivity contribution < 1.29 is 19.0 Å². The Hall–Kier alpha value is -3.79. The molecule has 2 aromatic carbocycles. The summed E-state index contributed by atoms with van der Waals surface area (Å²) in [6.07, 6.45) is 1.45. The Labute approximate surface area is 184 Å². The Balaban J connectivity index is 1.30. The Morgan fingerprint density at radius 2 is 1.94 bits per heavy atom. The number of anilines is 1. The number of likely N-dealkylation sites (tertiary alicyclic amines) is 1. The number of carbonyl (C=O) groups is 1. The lowest BCUT2D eigenvalue weighted by molar-refractivity contribution is -0.384. The van der Waals surface area contributed by atoms with Crippen LogP contribution in [0.25, 0.3) is 11.4 Å². The number of para-hydroxylation sites is 2. The van der Waals surface area contributed by atoms with E-state index in [0.717, 1.165) is 25.9 Å². The summed E-state index contributed by atoms with van der Waals surface area (Å²) in [7, 11) is 1.58. The Kier molecular flexibility index (Phi) is 6.41. The fraction of sp³-hybridized carbons (Fsp3) is 0.318. The monoisotopic (exact) mass is 437 g/mol. The number of nitro groups is 1. The van der Waals surface area contributed by atoms with E-state index >= 15 is 0 Å². The first-order valence-electron chi connectivity index (χ1n) is 10.3. The fourth-order valence-electron chi connectivity index (χ4n) is 3.70. The lowest BCUT2D eigenvalue weighted by atomic mass is 9.96. The first-order chi connectivity index (χ1) is 15.5. The van der Waals surface area contributed by atoms with Gasteiger partial charge in [0, 0.05) is 23.6 Å². The van der Waals surface area contributed by atoms with Crippen LogP contribution >= 0.6 is 0 Å². The molecular weight excluding hydrogens is 414 g/mol. The van der Waals surface area contributed by atoms with Crippen molar-refractivity contribution >= 4 is 17.3 Å². The number of non-ortho nitro benzene ring substituents is 1. The number of benzene rings is 2. The fourth-order valence-corrected chi connectivity index (χ4v) is 3.70. The predicted octanol–water partition coefficient (Wildman–Crippen LogP) is 3.50. The van der Waals surface area contributed by atoms with E-state index < -0.39 is 4.92 Å². The molecule has 1 fully saturated rings. The van der Waals surface area contributed by atoms with Crippen molar-refractivity contribution in [1.29, 1.82) is 0 Å². The predicted molar refractivity (Wildman–Crippen MR) is 116 cm³/mol. The van der Waals surface area contributed by atoms with Crippen LogP contribution in [-0.4, -0.2) is 46.1 Å². The van der Waals surface area contributed by atoms with E-state index in [-0.39, 0.29) is 17.5 Å². The Morgan fingerprint density at radius 3 is 2.62 bits per heavy atom. The highest BCUT2D eigenvalue weighted by Crippen LogP contribution is 2.26. The zero-order chi connectivity index (χ0) is 22.5. The number of nitro benzene ring substituents is 1. The van der Waals surface area contributed by atoms with Crippen molar-refractivity contribution in [2.75, 3.05) is 25.5 Å². The second-order valence-corrected chi connectivity index (χ2v) is 7.56. The number of nitrogens with zero attached hydrogens (tertiary/aromatic N) is 4. The minimum Gasteiger partial charge on any atom is -0.495 e. The molecule has 0 atom stereocenters. The highest BCUT2D eigenvalue weighted by molar-refractivity contribution is 5.94. The smallest absolute Gasteiger partial charge is 0.269 e. The third kappa shape index (κ3) is 4.92. The van der Waals surface area contributed by atoms with Crippen LogP contribution in [0.1, 0.15) is 18.7 Å². The van der Waals surface area contributed by atoms with Crippen molar-refractivity contribution in [3.63, 3.8) is 0 Å². The SMILES string of the molecule is COc1ccccc1NC(=O)C1CCN(Cc2nc(-c3ccc([N+](=O)[O-])cc3)no2)CC1. The highest BCUT2D eigenvalue weighted by atomic mass is 16.6. The Bertz CT molecular complexity index is 1090. The topological polar surface area (TPSA) is 124 Å². The summed E-state index contributed by atoms with van der Waals surface area (Å²) in [6.45, 7) is 1.96. The average Bonchev–Trinajstić information content (AvgIpc) is 3.28. The first kappa shape index (κ1) is 21.4. The van der Waals surface area contributed by atoms with Crippen molar-refractivity contribution in [1.82, 2.24) is 15.0 Å². The molecule has 0 aliphatic carbocycles. The molecule has 1 aromatic heterocycles. The number of ether oxygens (including phenoxy) is 1. The van der Waals surface area contributed by atoms with Gasteiger partial charge in [0.15, 0.2) is 0 Å². The van der Waals surface area contributed by atoms with Crippen molar-refractivity contribution in [3.8, 4) is 17.1 Å². The summed E-state index contributed by atoms with van der Waals surface area (Å²) < 4.78 is 10.6. The van der Waals surface area contributed by atoms with E-state index in [9.17, 15) is 14.9 Å². The third-order valence-electron chi connectivity index (χ3n) is 5.49. The number of amides is 1. The number of piperidine rings is 1. The van der Waals surface area contributed by atoms with E-state index in [4.69, 9.17) is 9.26 Å². The number of carbonyl (C=O) groups excluding carboxylic acids is 1. The van der Waals surface area contributed by atoms with Gasteiger partial charge >= 0.3 is 0 Å². The van der Waals surface area contributed by atoms with Crippen LogP contribution in [0.3, 0.4) is 0 Å². The number of aromatic nitrogens is 2. The molecule has 0 unspecified atom stereocenters. The van der Waals surface area contributed by atoms with Crippen molar-refractivity contribution in [3.05, 3.63) is 64.5 Å². The van der Waals surface area contributed by atoms with Gasteiger partial charge < -0.3 is 14.6 Å². The van der Waals surface area contributed by atoms with E-state index in [0.29, 0.717) is 35.3 Å². The quantitative estimate of drug-likeness (QED) is 0.440. The van der Waals surface area contributed by atoms with Crippen LogP contribution in [-0.2, 0) is 11.3 Å². The molecule has 3 aromatic rings. The minimum absolute atomic E-state index is 0.00704. The van der Waals surface area contributed by atoms with Crippen LogP contribution in [0, 0.1) is 16.0 Å². The van der Waals surface area contributed by atoms with Gasteiger partial charge in [-0.25, -0.2) is 0 Å². The summed E-state index contributed by atoms with van der Waals surface area (Å²) in [4.78, 5) is 29.5. The van der Waals surface area contributed by atoms with E-state index in [1.165, 1.54) is 12.1 Å². The highest BCUT2D eigenvalue weighted by Gasteiger charge is 2.26. The average molecular weight is 437 g/mol. The van der Waals surface area contributed by atoms with Gasteiger partial charge in [-0.15, -0.1) is 0 Å². The molecular formula is C22H23N5O5. The van der Waals surface area contributed by atoms with Crippen LogP contribution in [0.4, 0.5) is 11.4 Å². The maximum Gasteiger partial charge on any atom is 0.269 e. The maximum absolute atomic E-state index is 12.7. The molecule has 10 heteroatoms. The van der Waals surface area contributed by atoms with E-state index in [2.05, 4.69) is 20.4 Å². The van der Waals surface area contributed by atoms with Gasteiger partial charge in [-0.2, -0.15) is 4.98 Å². The molecule has 0 radical (unpaired) electrons. The normalized spacial score (nSPS) is 14.8. The molecule has 1 saturated heterocycles. The molecule has 0 saturated carbocycles. The second-order valence-electron chi connectivity index (χ2n) is 7.56. The van der Waals surface area contributed by atoms with Crippen LogP contribution in [0.2, 0.25) is 0 Å². The van der Waals surface area contributed by atoms with E-state index in [1.807, 2.05) is 24.3 Å². The molecule has 1 aliphatic heterocycles. The van der Waals surface area contributed by atoms with Gasteiger partial charge in [-0.3, -0.25) is 19.8 Å². The molecule has 4 rings (SSSR count). The summed E-state index contributed by atoms with van der Waals surface area (Å²) in [5, 5.41) is 17.7. The summed E-state index contributed by atoms with van der Waals surface area (Å²) in [5.74, 6) is 1.41. The number of rotatable bonds is 7. The minimum atomic E-state index is -0.453. The molecule has 10 nitrogen and oxygen atoms in total. The Morgan fingerprint density at radius 1 is 1.22 bits per heavy atom. The van der Waals surface area contributed by atoms with Crippen LogP contribution in [0.5, 0.6) is 5.75 Å². The molecule has 1 amide bonds. The van der Waals surface area contributed by atoms with Gasteiger partial charge in [0.2, 0.25) is 17.6 Å². The summed E-state index contributed by atoms with van der Waals surface area (Å²) in [5.41, 5.74) is 1.33. The lowest BCUT2D eigenvalue weighted by Gasteiger charge is -2.30. The number of hydrogen-bond acceptors (Lipinski definition) is 8. The first-order valence-corrected chi connectivity index (χ1v) is 10.3. The molecule has 2 heterocycles. The number of methoxy groups -OCH3 is 1. The number of hydrogen-bond donors (Lipinski definition) is 1. The molecule has 166 valence electrons. The van der Waals surface area contributed by atoms with Gasteiger partial charge in [0.05, 0.1) is 24.3 Å². The van der Waals surface area contributed by atoms with Crippen molar-refractivity contribution in [2.45, 2.75) is 19.4 Å². The molecule has 1 N–H and O–H groups in total. The van der Waals surface area contributed by atoms with Crippen LogP contribution < -0.4 is 10.1 Å². The molecule has 0 bridgehead atoms. The standard InChI is InChI=1S/C22H23N5O5/c1-31-19-5-3-2-4-18(19)23-22(28)16-10-12-26(13-11-16)14-20-24-21(25-32-20)15-6-8-17(9-7-15)27(29)30/h2-9,16H,10-14H2,1H3,(H,23,28). The van der Waals surface area contributed by atoms with Crippen molar-refractivity contribution in [2.24, 2.45) is 5.92 Å². The number of nitrogens with one attached hydrogen (secondary N) is 1. The summed E-state index contributed by atoms with van der Waals surface area (Å²) >= 11 is 0. The van der Waals surface area contributed by atoms with Gasteiger partial charge in [-0.1, -0.05) is 17.3 Å². The molecule has 32 heavy (non-hydrogen) atoms. The van der Waals surface area contributed by atoms with Gasteiger partial charge in [0.25, 0.3) is 5.69 Å². The zero-order valence-electron chi connectivity index (χ0n) is 17.6. The maximum atomic E-state index is 12.7. The summed E-state index contributed by atoms with van der Waals surface area (Å²) in [6, 6.07) is 13.4.